The largest absolute Gasteiger partial charge is 0.463 e. The highest BCUT2D eigenvalue weighted by molar-refractivity contribution is 5.76. The Hall–Kier alpha value is -2.87. The van der Waals surface area contributed by atoms with E-state index in [0.717, 1.165) is 12.0 Å². The summed E-state index contributed by atoms with van der Waals surface area (Å²) in [6.45, 7) is 17.0. The van der Waals surface area contributed by atoms with Gasteiger partial charge in [0, 0.05) is 0 Å². The van der Waals surface area contributed by atoms with Crippen molar-refractivity contribution in [3.8, 4) is 0 Å². The molecule has 0 aliphatic rings. The van der Waals surface area contributed by atoms with Gasteiger partial charge in [0.15, 0.2) is 5.43 Å². The minimum Gasteiger partial charge on any atom is -0.463 e. The second kappa shape index (κ2) is 9.21. The van der Waals surface area contributed by atoms with Crippen LogP contribution in [-0.4, -0.2) is 0 Å². The summed E-state index contributed by atoms with van der Waals surface area (Å²) in [6, 6.07) is 0. The number of hydrogen-bond acceptors (Lipinski definition) is 2. The Kier molecular flexibility index (Phi) is 7.28. The molecule has 118 valence electrons. The molecule has 0 amide bonds. The summed E-state index contributed by atoms with van der Waals surface area (Å²) in [4.78, 5) is 12.7. The molecule has 2 heteroatoms. The van der Waals surface area contributed by atoms with Crippen molar-refractivity contribution >= 4 is 17.7 Å². The lowest BCUT2D eigenvalue weighted by molar-refractivity contribution is 0.535. The third-order valence-corrected chi connectivity index (χ3v) is 3.23. The second-order valence-electron chi connectivity index (χ2n) is 4.75. The zero-order valence-electron chi connectivity index (χ0n) is 13.5. The first-order valence-electron chi connectivity index (χ1n) is 7.35. The molecule has 0 radical (unpaired) electrons. The van der Waals surface area contributed by atoms with Crippen LogP contribution >= 0.6 is 0 Å². The monoisotopic (exact) mass is 306 g/mol. The quantitative estimate of drug-likeness (QED) is 0.587. The van der Waals surface area contributed by atoms with E-state index in [1.54, 1.807) is 30.4 Å². The van der Waals surface area contributed by atoms with Gasteiger partial charge in [-0.05, 0) is 24.1 Å². The Balaban J connectivity index is 3.35. The van der Waals surface area contributed by atoms with Crippen LogP contribution in [0.5, 0.6) is 0 Å². The molecular weight excluding hydrogens is 284 g/mol. The summed E-state index contributed by atoms with van der Waals surface area (Å²) in [5, 5.41) is 0. The number of rotatable bonds is 8. The summed E-state index contributed by atoms with van der Waals surface area (Å²) < 4.78 is 5.51. The van der Waals surface area contributed by atoms with Crippen molar-refractivity contribution in [2.75, 3.05) is 0 Å². The third kappa shape index (κ3) is 4.82. The molecule has 0 atom stereocenters. The van der Waals surface area contributed by atoms with Crippen molar-refractivity contribution in [3.05, 3.63) is 102 Å². The lowest BCUT2D eigenvalue weighted by Gasteiger charge is -2.04. The van der Waals surface area contributed by atoms with Crippen LogP contribution in [0.2, 0.25) is 0 Å². The molecule has 1 aromatic heterocycles. The van der Waals surface area contributed by atoms with Crippen molar-refractivity contribution in [2.24, 2.45) is 0 Å². The molecule has 0 aliphatic heterocycles. The fourth-order valence-electron chi connectivity index (χ4n) is 1.87. The summed E-state index contributed by atoms with van der Waals surface area (Å²) in [6.07, 6.45) is 16.0. The van der Waals surface area contributed by atoms with E-state index >= 15 is 0 Å². The standard InChI is InChI=1S/C21H22O2/c1-6-12-17(8-3)19-15-23-20(9-4)18(21(19)22)14-11-10-13-16(5)7-2/h6,8-15H,1,3-5,7H2,2H3/b13-10-,14-11+,17-12+. The lowest BCUT2D eigenvalue weighted by atomic mass is 10.0. The highest BCUT2D eigenvalue weighted by Gasteiger charge is 2.11. The van der Waals surface area contributed by atoms with E-state index in [9.17, 15) is 4.79 Å². The van der Waals surface area contributed by atoms with E-state index in [0.29, 0.717) is 22.5 Å². The van der Waals surface area contributed by atoms with Crippen LogP contribution in [0.25, 0.3) is 17.7 Å². The molecule has 0 aliphatic carbocycles. The van der Waals surface area contributed by atoms with Crippen LogP contribution in [0, 0.1) is 0 Å². The van der Waals surface area contributed by atoms with Gasteiger partial charge in [-0.15, -0.1) is 0 Å². The maximum Gasteiger partial charge on any atom is 0.200 e. The van der Waals surface area contributed by atoms with Gasteiger partial charge in [0.05, 0.1) is 11.1 Å². The van der Waals surface area contributed by atoms with Crippen LogP contribution in [-0.2, 0) is 0 Å². The molecule has 0 saturated heterocycles. The molecule has 1 aromatic rings. The molecule has 0 unspecified atom stereocenters. The van der Waals surface area contributed by atoms with Crippen molar-refractivity contribution < 1.29 is 4.42 Å². The zero-order chi connectivity index (χ0) is 17.2. The minimum atomic E-state index is -0.141. The van der Waals surface area contributed by atoms with Crippen molar-refractivity contribution in [1.29, 1.82) is 0 Å². The number of allylic oxidation sites excluding steroid dienone is 8. The summed E-state index contributed by atoms with van der Waals surface area (Å²) in [5.74, 6) is 0.430. The van der Waals surface area contributed by atoms with E-state index in [-0.39, 0.29) is 5.43 Å². The first kappa shape index (κ1) is 18.2. The van der Waals surface area contributed by atoms with Crippen LogP contribution < -0.4 is 5.43 Å². The fourth-order valence-corrected chi connectivity index (χ4v) is 1.87. The van der Waals surface area contributed by atoms with Crippen molar-refractivity contribution in [1.82, 2.24) is 0 Å². The van der Waals surface area contributed by atoms with E-state index in [1.807, 2.05) is 19.1 Å². The average molecular weight is 306 g/mol. The maximum atomic E-state index is 12.7. The summed E-state index contributed by atoms with van der Waals surface area (Å²) >= 11 is 0. The smallest absolute Gasteiger partial charge is 0.200 e. The highest BCUT2D eigenvalue weighted by Crippen LogP contribution is 2.17. The van der Waals surface area contributed by atoms with Crippen LogP contribution in [0.1, 0.15) is 30.2 Å². The Labute approximate surface area is 137 Å². The molecule has 0 aromatic carbocycles. The molecule has 1 rings (SSSR count). The van der Waals surface area contributed by atoms with Gasteiger partial charge in [-0.1, -0.05) is 75.3 Å². The van der Waals surface area contributed by atoms with Gasteiger partial charge in [0.1, 0.15) is 12.0 Å². The number of hydrogen-bond donors (Lipinski definition) is 0. The van der Waals surface area contributed by atoms with Gasteiger partial charge in [0.25, 0.3) is 0 Å². The molecule has 0 saturated carbocycles. The molecule has 0 fully saturated rings. The second-order valence-corrected chi connectivity index (χ2v) is 4.75. The third-order valence-electron chi connectivity index (χ3n) is 3.23. The summed E-state index contributed by atoms with van der Waals surface area (Å²) in [7, 11) is 0. The van der Waals surface area contributed by atoms with Gasteiger partial charge < -0.3 is 4.42 Å². The van der Waals surface area contributed by atoms with E-state index in [4.69, 9.17) is 4.42 Å². The van der Waals surface area contributed by atoms with Gasteiger partial charge in [-0.2, -0.15) is 0 Å². The molecule has 23 heavy (non-hydrogen) atoms. The Morgan fingerprint density at radius 2 is 2.00 bits per heavy atom. The van der Waals surface area contributed by atoms with E-state index < -0.39 is 0 Å². The summed E-state index contributed by atoms with van der Waals surface area (Å²) in [5.41, 5.74) is 2.42. The maximum absolute atomic E-state index is 12.7. The van der Waals surface area contributed by atoms with E-state index in [1.165, 1.54) is 12.3 Å². The first-order valence-corrected chi connectivity index (χ1v) is 7.35. The zero-order valence-corrected chi connectivity index (χ0v) is 13.5. The minimum absolute atomic E-state index is 0.141. The Bertz CT molecular complexity index is 753. The van der Waals surface area contributed by atoms with Crippen LogP contribution in [0.4, 0.5) is 0 Å². The van der Waals surface area contributed by atoms with Crippen LogP contribution in [0.15, 0.2) is 83.8 Å². The van der Waals surface area contributed by atoms with Crippen LogP contribution in [0.3, 0.4) is 0 Å². The molecular formula is C21H22O2. The normalized spacial score (nSPS) is 11.8. The average Bonchev–Trinajstić information content (AvgIpc) is 2.57. The predicted molar refractivity (Wildman–Crippen MR) is 101 cm³/mol. The lowest BCUT2D eigenvalue weighted by Crippen LogP contribution is -2.12. The van der Waals surface area contributed by atoms with Gasteiger partial charge >= 0.3 is 0 Å². The first-order chi connectivity index (χ1) is 11.1. The van der Waals surface area contributed by atoms with Gasteiger partial charge in [-0.3, -0.25) is 4.79 Å². The Morgan fingerprint density at radius 3 is 2.57 bits per heavy atom. The highest BCUT2D eigenvalue weighted by atomic mass is 16.3. The topological polar surface area (TPSA) is 30.2 Å². The molecule has 0 bridgehead atoms. The fraction of sp³-hybridized carbons (Fsp3) is 0.0952. The van der Waals surface area contributed by atoms with Gasteiger partial charge in [-0.25, -0.2) is 0 Å². The Morgan fingerprint density at radius 1 is 1.26 bits per heavy atom. The molecule has 1 heterocycles. The van der Waals surface area contributed by atoms with E-state index in [2.05, 4.69) is 26.3 Å². The van der Waals surface area contributed by atoms with Crippen molar-refractivity contribution in [2.45, 2.75) is 13.3 Å². The molecule has 0 spiro atoms. The molecule has 2 nitrogen and oxygen atoms in total. The SMILES string of the molecule is C=C/C=C(\C=C)c1coc(C=C)c(/C=C/C=C\C(=C)CC)c1=O. The van der Waals surface area contributed by atoms with Gasteiger partial charge in [0.2, 0.25) is 0 Å². The molecule has 0 N–H and O–H groups in total. The van der Waals surface area contributed by atoms with Crippen molar-refractivity contribution in [3.63, 3.8) is 0 Å². The predicted octanol–water partition coefficient (Wildman–Crippen LogP) is 5.57.